The normalized spacial score (nSPS) is 22.6. The summed E-state index contributed by atoms with van der Waals surface area (Å²) in [7, 11) is -3.65. The zero-order valence-electron chi connectivity index (χ0n) is 19.5. The fraction of sp³-hybridized carbons (Fsp3) is 0.423. The van der Waals surface area contributed by atoms with Crippen molar-refractivity contribution in [3.63, 3.8) is 0 Å². The van der Waals surface area contributed by atoms with Crippen molar-refractivity contribution in [2.45, 2.75) is 55.3 Å². The molecule has 2 fully saturated rings. The second kappa shape index (κ2) is 10.2. The Bertz CT molecular complexity index is 1240. The Morgan fingerprint density at radius 3 is 2.51 bits per heavy atom. The molecular formula is C26H30N4O3S2. The van der Waals surface area contributed by atoms with Crippen LogP contribution in [0.3, 0.4) is 0 Å². The molecule has 1 amide bonds. The number of anilines is 1. The van der Waals surface area contributed by atoms with Crippen molar-refractivity contribution in [2.75, 3.05) is 11.9 Å². The van der Waals surface area contributed by atoms with E-state index in [2.05, 4.69) is 20.0 Å². The lowest BCUT2D eigenvalue weighted by atomic mass is 9.80. The van der Waals surface area contributed by atoms with Gasteiger partial charge in [0, 0.05) is 36.4 Å². The van der Waals surface area contributed by atoms with Crippen LogP contribution < -0.4 is 10.0 Å². The van der Waals surface area contributed by atoms with Crippen LogP contribution >= 0.6 is 11.3 Å². The van der Waals surface area contributed by atoms with Gasteiger partial charge in [-0.3, -0.25) is 9.78 Å². The second-order valence-electron chi connectivity index (χ2n) is 9.46. The summed E-state index contributed by atoms with van der Waals surface area (Å²) in [5.41, 5.74) is 1.10. The monoisotopic (exact) mass is 510 g/mol. The second-order valence-corrected chi connectivity index (χ2v) is 12.1. The summed E-state index contributed by atoms with van der Waals surface area (Å²) in [6.07, 6.45) is 10.7. The number of carbonyl (C=O) groups is 1. The van der Waals surface area contributed by atoms with Crippen LogP contribution in [0.5, 0.6) is 0 Å². The van der Waals surface area contributed by atoms with E-state index in [4.69, 9.17) is 0 Å². The van der Waals surface area contributed by atoms with Gasteiger partial charge in [0.15, 0.2) is 5.13 Å². The molecule has 0 saturated heterocycles. The Kier molecular flexibility index (Phi) is 7.00. The average molecular weight is 511 g/mol. The molecule has 2 saturated carbocycles. The van der Waals surface area contributed by atoms with Gasteiger partial charge in [-0.2, -0.15) is 0 Å². The molecule has 2 N–H and O–H groups in total. The topological polar surface area (TPSA) is 101 Å². The van der Waals surface area contributed by atoms with Crippen LogP contribution in [0.2, 0.25) is 0 Å². The molecule has 2 unspecified atom stereocenters. The first-order valence-electron chi connectivity index (χ1n) is 12.2. The van der Waals surface area contributed by atoms with Crippen molar-refractivity contribution < 1.29 is 13.2 Å². The fourth-order valence-electron chi connectivity index (χ4n) is 5.49. The number of benzene rings is 1. The molecule has 5 rings (SSSR count). The minimum Gasteiger partial charge on any atom is -0.301 e. The average Bonchev–Trinajstić information content (AvgIpc) is 3.45. The van der Waals surface area contributed by atoms with E-state index in [1.165, 1.54) is 30.6 Å². The van der Waals surface area contributed by atoms with Crippen molar-refractivity contribution in [1.82, 2.24) is 14.7 Å². The maximum atomic E-state index is 13.5. The Balaban J connectivity index is 1.32. The molecule has 35 heavy (non-hydrogen) atoms. The van der Waals surface area contributed by atoms with E-state index < -0.39 is 15.4 Å². The van der Waals surface area contributed by atoms with Gasteiger partial charge in [-0.15, -0.1) is 11.3 Å². The van der Waals surface area contributed by atoms with Gasteiger partial charge in [0.1, 0.15) is 0 Å². The molecular weight excluding hydrogens is 480 g/mol. The maximum absolute atomic E-state index is 13.5. The molecule has 0 spiro atoms. The lowest BCUT2D eigenvalue weighted by Gasteiger charge is -2.25. The minimum absolute atomic E-state index is 0.0351. The van der Waals surface area contributed by atoms with E-state index in [0.29, 0.717) is 17.5 Å². The van der Waals surface area contributed by atoms with Gasteiger partial charge in [-0.05, 0) is 48.1 Å². The third kappa shape index (κ3) is 5.17. The molecule has 3 aromatic rings. The molecule has 7 nitrogen and oxygen atoms in total. The van der Waals surface area contributed by atoms with Crippen molar-refractivity contribution in [3.8, 4) is 0 Å². The van der Waals surface area contributed by atoms with Crippen LogP contribution in [0.4, 0.5) is 5.13 Å². The Morgan fingerprint density at radius 1 is 1.03 bits per heavy atom. The molecule has 0 radical (unpaired) electrons. The number of aromatic nitrogens is 2. The number of sulfonamides is 1. The zero-order valence-corrected chi connectivity index (χ0v) is 21.2. The third-order valence-electron chi connectivity index (χ3n) is 7.37. The standard InChI is InChI=1S/C26H30N4O3S2/c31-24(30-25-28-16-17-34-25)26(18-23(26)19-6-2-1-3-7-19)20-9-11-22(12-10-20)35(32,33)29-15-13-21-8-4-5-14-27-21/h4-5,8-12,14,16-17,19,23,29H,1-3,6-7,13,15,18H2,(H,28,30,31). The molecule has 0 aliphatic heterocycles. The highest BCUT2D eigenvalue weighted by molar-refractivity contribution is 7.89. The van der Waals surface area contributed by atoms with Gasteiger partial charge < -0.3 is 5.32 Å². The number of hydrogen-bond donors (Lipinski definition) is 2. The molecule has 2 aromatic heterocycles. The van der Waals surface area contributed by atoms with E-state index in [9.17, 15) is 13.2 Å². The van der Waals surface area contributed by atoms with Gasteiger partial charge in [0.05, 0.1) is 10.3 Å². The Morgan fingerprint density at radius 2 is 1.83 bits per heavy atom. The first-order chi connectivity index (χ1) is 17.0. The van der Waals surface area contributed by atoms with Crippen molar-refractivity contribution in [2.24, 2.45) is 11.8 Å². The van der Waals surface area contributed by atoms with Crippen LogP contribution in [-0.2, 0) is 26.7 Å². The first kappa shape index (κ1) is 24.1. The number of hydrogen-bond acceptors (Lipinski definition) is 6. The van der Waals surface area contributed by atoms with E-state index >= 15 is 0 Å². The van der Waals surface area contributed by atoms with Crippen molar-refractivity contribution >= 4 is 32.4 Å². The summed E-state index contributed by atoms with van der Waals surface area (Å²) in [4.78, 5) is 22.2. The largest absolute Gasteiger partial charge is 0.301 e. The van der Waals surface area contributed by atoms with E-state index in [1.807, 2.05) is 35.7 Å². The van der Waals surface area contributed by atoms with Crippen LogP contribution in [0, 0.1) is 11.8 Å². The van der Waals surface area contributed by atoms with E-state index in [-0.39, 0.29) is 23.3 Å². The highest BCUT2D eigenvalue weighted by Crippen LogP contribution is 2.61. The molecule has 184 valence electrons. The first-order valence-corrected chi connectivity index (χ1v) is 14.6. The van der Waals surface area contributed by atoms with Gasteiger partial charge >= 0.3 is 0 Å². The molecule has 2 aliphatic rings. The van der Waals surface area contributed by atoms with Gasteiger partial charge in [0.25, 0.3) is 0 Å². The maximum Gasteiger partial charge on any atom is 0.240 e. The molecule has 2 atom stereocenters. The predicted octanol–water partition coefficient (Wildman–Crippen LogP) is 4.54. The highest BCUT2D eigenvalue weighted by atomic mass is 32.2. The number of thiazole rings is 1. The molecule has 2 aliphatic carbocycles. The summed E-state index contributed by atoms with van der Waals surface area (Å²) in [5, 5.41) is 5.45. The summed E-state index contributed by atoms with van der Waals surface area (Å²) >= 11 is 1.40. The third-order valence-corrected chi connectivity index (χ3v) is 9.54. The van der Waals surface area contributed by atoms with Crippen LogP contribution in [0.1, 0.15) is 49.8 Å². The SMILES string of the molecule is O=C(Nc1nccs1)C1(c2ccc(S(=O)(=O)NCCc3ccccn3)cc2)CC1C1CCCCC1. The van der Waals surface area contributed by atoms with Crippen molar-refractivity contribution in [1.29, 1.82) is 0 Å². The van der Waals surface area contributed by atoms with Crippen LogP contribution in [0.15, 0.2) is 65.1 Å². The number of amides is 1. The number of carbonyl (C=O) groups excluding carboxylic acids is 1. The number of nitrogens with one attached hydrogen (secondary N) is 2. The lowest BCUT2D eigenvalue weighted by Crippen LogP contribution is -2.32. The molecule has 9 heteroatoms. The summed E-state index contributed by atoms with van der Waals surface area (Å²) in [6.45, 7) is 0.269. The van der Waals surface area contributed by atoms with Gasteiger partial charge in [-0.1, -0.05) is 50.3 Å². The quantitative estimate of drug-likeness (QED) is 0.440. The smallest absolute Gasteiger partial charge is 0.240 e. The Labute approximate surface area is 210 Å². The summed E-state index contributed by atoms with van der Waals surface area (Å²) in [5.74, 6) is 0.774. The molecule has 0 bridgehead atoms. The highest BCUT2D eigenvalue weighted by Gasteiger charge is 2.63. The van der Waals surface area contributed by atoms with Gasteiger partial charge in [-0.25, -0.2) is 18.1 Å². The Hall–Kier alpha value is -2.62. The fourth-order valence-corrected chi connectivity index (χ4v) is 7.04. The molecule has 2 heterocycles. The summed E-state index contributed by atoms with van der Waals surface area (Å²) in [6, 6.07) is 12.5. The van der Waals surface area contributed by atoms with Gasteiger partial charge in [0.2, 0.25) is 15.9 Å². The number of pyridine rings is 1. The zero-order chi connectivity index (χ0) is 24.3. The summed E-state index contributed by atoms with van der Waals surface area (Å²) < 4.78 is 28.3. The van der Waals surface area contributed by atoms with Crippen LogP contribution in [0.25, 0.3) is 0 Å². The minimum atomic E-state index is -3.65. The van der Waals surface area contributed by atoms with E-state index in [1.54, 1.807) is 24.5 Å². The molecule has 1 aromatic carbocycles. The van der Waals surface area contributed by atoms with Crippen LogP contribution in [-0.4, -0.2) is 30.8 Å². The van der Waals surface area contributed by atoms with Crippen molar-refractivity contribution in [3.05, 3.63) is 71.5 Å². The lowest BCUT2D eigenvalue weighted by molar-refractivity contribution is -0.119. The predicted molar refractivity (Wildman–Crippen MR) is 137 cm³/mol. The van der Waals surface area contributed by atoms with E-state index in [0.717, 1.165) is 30.5 Å². The number of nitrogens with zero attached hydrogens (tertiary/aromatic N) is 2. The number of rotatable bonds is 9.